The van der Waals surface area contributed by atoms with Gasteiger partial charge in [-0.1, -0.05) is 30.3 Å². The summed E-state index contributed by atoms with van der Waals surface area (Å²) in [4.78, 5) is 0. The summed E-state index contributed by atoms with van der Waals surface area (Å²) in [6.45, 7) is 5.67. The number of hydrogen-bond donors (Lipinski definition) is 1. The van der Waals surface area contributed by atoms with Crippen molar-refractivity contribution in [2.24, 2.45) is 0 Å². The minimum atomic E-state index is -0.293. The third kappa shape index (κ3) is 3.03. The van der Waals surface area contributed by atoms with Crippen LogP contribution in [0.5, 0.6) is 0 Å². The van der Waals surface area contributed by atoms with Gasteiger partial charge in [-0.15, -0.1) is 6.58 Å². The molecule has 0 fully saturated rings. The fraction of sp³-hybridized carbons (Fsp3) is 0.333. The topological polar surface area (TPSA) is 20.2 Å². The molecule has 0 saturated carbocycles. The molecule has 1 nitrogen and oxygen atoms in total. The number of rotatable bonds is 4. The lowest BCUT2D eigenvalue weighted by Gasteiger charge is -2.09. The van der Waals surface area contributed by atoms with Gasteiger partial charge in [0.1, 0.15) is 0 Å². The molecule has 1 heteroatoms. The number of hydrogen-bond acceptors (Lipinski definition) is 1. The highest BCUT2D eigenvalue weighted by Crippen LogP contribution is 2.11. The standard InChI is InChI=1S/C12H16O/c1-3-6-12(13)9-11-8-5-4-7-10(11)2/h3-5,7-8,12-13H,1,6,9H2,2H3/t12-/m0/s1. The molecule has 0 bridgehead atoms. The van der Waals surface area contributed by atoms with Gasteiger partial charge in [0, 0.05) is 0 Å². The van der Waals surface area contributed by atoms with Crippen LogP contribution in [0.4, 0.5) is 0 Å². The molecule has 0 aliphatic carbocycles. The van der Waals surface area contributed by atoms with E-state index in [2.05, 4.69) is 25.6 Å². The van der Waals surface area contributed by atoms with Crippen molar-refractivity contribution >= 4 is 0 Å². The van der Waals surface area contributed by atoms with Gasteiger partial charge in [-0.05, 0) is 30.9 Å². The molecule has 0 aliphatic rings. The van der Waals surface area contributed by atoms with E-state index < -0.39 is 0 Å². The minimum Gasteiger partial charge on any atom is -0.392 e. The highest BCUT2D eigenvalue weighted by molar-refractivity contribution is 5.26. The molecule has 0 spiro atoms. The van der Waals surface area contributed by atoms with Crippen molar-refractivity contribution in [3.63, 3.8) is 0 Å². The van der Waals surface area contributed by atoms with Crippen molar-refractivity contribution in [1.29, 1.82) is 0 Å². The third-order valence-corrected chi connectivity index (χ3v) is 2.16. The molecule has 1 rings (SSSR count). The van der Waals surface area contributed by atoms with Gasteiger partial charge in [-0.2, -0.15) is 0 Å². The minimum absolute atomic E-state index is 0.293. The summed E-state index contributed by atoms with van der Waals surface area (Å²) in [5.74, 6) is 0. The summed E-state index contributed by atoms with van der Waals surface area (Å²) < 4.78 is 0. The van der Waals surface area contributed by atoms with Crippen LogP contribution in [0.2, 0.25) is 0 Å². The van der Waals surface area contributed by atoms with Crippen LogP contribution >= 0.6 is 0 Å². The summed E-state index contributed by atoms with van der Waals surface area (Å²) in [6.07, 6.45) is 2.84. The van der Waals surface area contributed by atoms with Gasteiger partial charge in [-0.3, -0.25) is 0 Å². The van der Waals surface area contributed by atoms with Crippen molar-refractivity contribution in [2.45, 2.75) is 25.9 Å². The van der Waals surface area contributed by atoms with E-state index in [1.165, 1.54) is 11.1 Å². The van der Waals surface area contributed by atoms with Crippen LogP contribution in [-0.2, 0) is 6.42 Å². The molecule has 0 heterocycles. The second-order valence-corrected chi connectivity index (χ2v) is 3.31. The fourth-order valence-corrected chi connectivity index (χ4v) is 1.37. The second kappa shape index (κ2) is 4.83. The van der Waals surface area contributed by atoms with Crippen molar-refractivity contribution < 1.29 is 5.11 Å². The van der Waals surface area contributed by atoms with Crippen LogP contribution < -0.4 is 0 Å². The summed E-state index contributed by atoms with van der Waals surface area (Å²) in [7, 11) is 0. The highest BCUT2D eigenvalue weighted by Gasteiger charge is 2.04. The zero-order valence-corrected chi connectivity index (χ0v) is 8.03. The van der Waals surface area contributed by atoms with Gasteiger partial charge < -0.3 is 5.11 Å². The van der Waals surface area contributed by atoms with Gasteiger partial charge in [0.15, 0.2) is 0 Å². The highest BCUT2D eigenvalue weighted by atomic mass is 16.3. The molecule has 0 unspecified atom stereocenters. The molecule has 13 heavy (non-hydrogen) atoms. The van der Waals surface area contributed by atoms with E-state index in [1.54, 1.807) is 6.08 Å². The average molecular weight is 176 g/mol. The van der Waals surface area contributed by atoms with Gasteiger partial charge >= 0.3 is 0 Å². The predicted molar refractivity (Wildman–Crippen MR) is 55.7 cm³/mol. The van der Waals surface area contributed by atoms with E-state index in [4.69, 9.17) is 0 Å². The zero-order chi connectivity index (χ0) is 9.68. The molecule has 0 radical (unpaired) electrons. The molecule has 0 amide bonds. The van der Waals surface area contributed by atoms with E-state index >= 15 is 0 Å². The number of benzene rings is 1. The lowest BCUT2D eigenvalue weighted by Crippen LogP contribution is -2.09. The van der Waals surface area contributed by atoms with E-state index in [9.17, 15) is 5.11 Å². The Kier molecular flexibility index (Phi) is 3.71. The van der Waals surface area contributed by atoms with Crippen molar-refractivity contribution in [3.05, 3.63) is 48.0 Å². The number of aryl methyl sites for hydroxylation is 1. The predicted octanol–water partition coefficient (Wildman–Crippen LogP) is 2.47. The number of aliphatic hydroxyl groups excluding tert-OH is 1. The summed E-state index contributed by atoms with van der Waals surface area (Å²) in [6, 6.07) is 8.14. The molecular weight excluding hydrogens is 160 g/mol. The third-order valence-electron chi connectivity index (χ3n) is 2.16. The Hall–Kier alpha value is -1.08. The van der Waals surface area contributed by atoms with E-state index in [0.717, 1.165) is 6.42 Å². The molecule has 70 valence electrons. The van der Waals surface area contributed by atoms with Crippen LogP contribution in [0, 0.1) is 6.92 Å². The second-order valence-electron chi connectivity index (χ2n) is 3.31. The van der Waals surface area contributed by atoms with Gasteiger partial charge in [0.25, 0.3) is 0 Å². The summed E-state index contributed by atoms with van der Waals surface area (Å²) in [5, 5.41) is 9.56. The Labute approximate surface area is 79.7 Å². The van der Waals surface area contributed by atoms with Gasteiger partial charge in [-0.25, -0.2) is 0 Å². The van der Waals surface area contributed by atoms with Crippen LogP contribution in [-0.4, -0.2) is 11.2 Å². The van der Waals surface area contributed by atoms with Crippen molar-refractivity contribution in [1.82, 2.24) is 0 Å². The van der Waals surface area contributed by atoms with Crippen molar-refractivity contribution in [3.8, 4) is 0 Å². The molecule has 1 aromatic rings. The molecule has 1 aromatic carbocycles. The van der Waals surface area contributed by atoms with Crippen LogP contribution in [0.3, 0.4) is 0 Å². The first kappa shape index (κ1) is 10.0. The molecule has 0 aromatic heterocycles. The van der Waals surface area contributed by atoms with Crippen molar-refractivity contribution in [2.75, 3.05) is 0 Å². The largest absolute Gasteiger partial charge is 0.392 e. The van der Waals surface area contributed by atoms with E-state index in [0.29, 0.717) is 6.42 Å². The Morgan fingerprint density at radius 2 is 2.15 bits per heavy atom. The maximum absolute atomic E-state index is 9.56. The first-order valence-corrected chi connectivity index (χ1v) is 4.57. The monoisotopic (exact) mass is 176 g/mol. The van der Waals surface area contributed by atoms with Gasteiger partial charge in [0.2, 0.25) is 0 Å². The number of aliphatic hydroxyl groups is 1. The fourth-order valence-electron chi connectivity index (χ4n) is 1.37. The zero-order valence-electron chi connectivity index (χ0n) is 8.03. The van der Waals surface area contributed by atoms with Crippen LogP contribution in [0.25, 0.3) is 0 Å². The first-order valence-electron chi connectivity index (χ1n) is 4.57. The average Bonchev–Trinajstić information content (AvgIpc) is 2.09. The van der Waals surface area contributed by atoms with Gasteiger partial charge in [0.05, 0.1) is 6.10 Å². The van der Waals surface area contributed by atoms with Crippen LogP contribution in [0.1, 0.15) is 17.5 Å². The Balaban J connectivity index is 2.63. The SMILES string of the molecule is C=CC[C@H](O)Cc1ccccc1C. The van der Waals surface area contributed by atoms with Crippen LogP contribution in [0.15, 0.2) is 36.9 Å². The van der Waals surface area contributed by atoms with E-state index in [1.807, 2.05) is 12.1 Å². The lowest BCUT2D eigenvalue weighted by molar-refractivity contribution is 0.178. The molecule has 1 atom stereocenters. The summed E-state index contributed by atoms with van der Waals surface area (Å²) >= 11 is 0. The van der Waals surface area contributed by atoms with E-state index in [-0.39, 0.29) is 6.10 Å². The Morgan fingerprint density at radius 3 is 2.77 bits per heavy atom. The Bertz CT molecular complexity index is 278. The normalized spacial score (nSPS) is 12.5. The Morgan fingerprint density at radius 1 is 1.46 bits per heavy atom. The molecule has 0 aliphatic heterocycles. The maximum atomic E-state index is 9.56. The molecular formula is C12H16O. The smallest absolute Gasteiger partial charge is 0.0614 e. The maximum Gasteiger partial charge on any atom is 0.0614 e. The quantitative estimate of drug-likeness (QED) is 0.699. The molecule has 1 N–H and O–H groups in total. The lowest BCUT2D eigenvalue weighted by atomic mass is 10.0. The molecule has 0 saturated heterocycles. The first-order chi connectivity index (χ1) is 6.24. The summed E-state index contributed by atoms with van der Waals surface area (Å²) in [5.41, 5.74) is 2.46.